The van der Waals surface area contributed by atoms with Gasteiger partial charge in [-0.15, -0.1) is 5.10 Å². The van der Waals surface area contributed by atoms with Crippen LogP contribution in [0, 0.1) is 0 Å². The number of rotatable bonds is 9. The summed E-state index contributed by atoms with van der Waals surface area (Å²) in [6.45, 7) is 4.87. The summed E-state index contributed by atoms with van der Waals surface area (Å²) in [4.78, 5) is 26.3. The fraction of sp³-hybridized carbons (Fsp3) is 0.417. The van der Waals surface area contributed by atoms with Crippen LogP contribution >= 0.6 is 0 Å². The summed E-state index contributed by atoms with van der Waals surface area (Å²) in [5.74, 6) is -0.698. The van der Waals surface area contributed by atoms with Gasteiger partial charge >= 0.3 is 12.1 Å². The zero-order valence-electron chi connectivity index (χ0n) is 21.7. The number of carbonyl (C=O) groups excluding carboxylic acids is 2. The lowest BCUT2D eigenvalue weighted by Crippen LogP contribution is -2.46. The quantitative estimate of drug-likeness (QED) is 0.396. The molecule has 0 saturated heterocycles. The van der Waals surface area contributed by atoms with Crippen LogP contribution in [-0.4, -0.2) is 68.3 Å². The zero-order valence-corrected chi connectivity index (χ0v) is 22.5. The predicted molar refractivity (Wildman–Crippen MR) is 137 cm³/mol. The maximum Gasteiger partial charge on any atom is 0.408 e. The molecule has 0 radical (unpaired) electrons. The molecule has 13 heteroatoms. The molecule has 0 bridgehead atoms. The number of methoxy groups -OCH3 is 1. The highest BCUT2D eigenvalue weighted by Gasteiger charge is 2.26. The maximum absolute atomic E-state index is 13.1. The molecule has 1 atom stereocenters. The molecule has 1 heterocycles. The van der Waals surface area contributed by atoms with E-state index in [0.29, 0.717) is 11.1 Å². The van der Waals surface area contributed by atoms with Crippen LogP contribution in [-0.2, 0) is 37.4 Å². The zero-order chi connectivity index (χ0) is 27.4. The number of aromatic nitrogens is 3. The van der Waals surface area contributed by atoms with Crippen LogP contribution in [0.5, 0.6) is 0 Å². The minimum Gasteiger partial charge on any atom is -0.467 e. The molecule has 3 rings (SSSR count). The monoisotopic (exact) mass is 532 g/mol. The minimum absolute atomic E-state index is 0.0949. The first-order chi connectivity index (χ1) is 17.3. The maximum atomic E-state index is 13.1. The fourth-order valence-corrected chi connectivity index (χ4v) is 4.82. The molecule has 2 aromatic carbocycles. The molecule has 0 aliphatic rings. The van der Waals surface area contributed by atoms with Gasteiger partial charge in [-0.2, -0.15) is 0 Å². The van der Waals surface area contributed by atoms with Gasteiger partial charge in [-0.25, -0.2) is 27.4 Å². The van der Waals surface area contributed by atoms with Crippen LogP contribution in [0.25, 0.3) is 10.8 Å². The number of carbonyl (C=O) groups is 2. The van der Waals surface area contributed by atoms with Crippen LogP contribution in [0.4, 0.5) is 10.5 Å². The van der Waals surface area contributed by atoms with Crippen molar-refractivity contribution in [2.45, 2.75) is 50.4 Å². The number of nitrogens with zero attached hydrogens (tertiary/aromatic N) is 4. The second kappa shape index (κ2) is 11.1. The average molecular weight is 533 g/mol. The van der Waals surface area contributed by atoms with Crippen molar-refractivity contribution in [3.63, 3.8) is 0 Å². The number of fused-ring (bicyclic) bond motifs is 1. The van der Waals surface area contributed by atoms with E-state index in [1.807, 2.05) is 37.2 Å². The van der Waals surface area contributed by atoms with Gasteiger partial charge in [0, 0.05) is 36.8 Å². The molecule has 2 N–H and O–H groups in total. The molecule has 1 aromatic heterocycles. The van der Waals surface area contributed by atoms with Crippen LogP contribution < -0.4 is 14.9 Å². The number of sulfonamides is 1. The van der Waals surface area contributed by atoms with E-state index in [9.17, 15) is 18.0 Å². The van der Waals surface area contributed by atoms with Crippen LogP contribution in [0.2, 0.25) is 0 Å². The lowest BCUT2D eigenvalue weighted by molar-refractivity contribution is -0.143. The summed E-state index contributed by atoms with van der Waals surface area (Å²) in [6.07, 6.45) is 0.686. The molecule has 1 amide bonds. The summed E-state index contributed by atoms with van der Waals surface area (Å²) in [7, 11) is 1.10. The molecule has 0 aliphatic heterocycles. The molecular weight excluding hydrogens is 500 g/mol. The first-order valence-corrected chi connectivity index (χ1v) is 12.9. The van der Waals surface area contributed by atoms with Crippen molar-refractivity contribution < 1.29 is 27.5 Å². The van der Waals surface area contributed by atoms with Crippen molar-refractivity contribution in [1.82, 2.24) is 25.0 Å². The highest BCUT2D eigenvalue weighted by Crippen LogP contribution is 2.30. The van der Waals surface area contributed by atoms with Crippen molar-refractivity contribution in [2.75, 3.05) is 26.1 Å². The molecule has 3 aromatic rings. The molecule has 0 spiro atoms. The lowest BCUT2D eigenvalue weighted by Gasteiger charge is -2.22. The van der Waals surface area contributed by atoms with Crippen LogP contribution in [0.3, 0.4) is 0 Å². The van der Waals surface area contributed by atoms with Crippen molar-refractivity contribution >= 4 is 38.5 Å². The summed E-state index contributed by atoms with van der Waals surface area (Å²) < 4.78 is 40.1. The van der Waals surface area contributed by atoms with Crippen molar-refractivity contribution in [2.24, 2.45) is 0 Å². The molecule has 0 fully saturated rings. The number of amides is 1. The van der Waals surface area contributed by atoms with Gasteiger partial charge in [-0.3, -0.25) is 0 Å². The third kappa shape index (κ3) is 7.17. The topological polar surface area (TPSA) is 145 Å². The fourth-order valence-electron chi connectivity index (χ4n) is 3.60. The molecule has 200 valence electrons. The number of benzene rings is 2. The smallest absolute Gasteiger partial charge is 0.408 e. The normalized spacial score (nSPS) is 12.7. The number of hydrogen-bond donors (Lipinski definition) is 2. The molecule has 0 unspecified atom stereocenters. The number of ether oxygens (including phenoxy) is 2. The first kappa shape index (κ1) is 27.9. The number of hydrogen-bond acceptors (Lipinski definition) is 9. The Balaban J connectivity index is 1.73. The van der Waals surface area contributed by atoms with E-state index in [1.165, 1.54) is 18.0 Å². The Labute approximate surface area is 216 Å². The second-order valence-electron chi connectivity index (χ2n) is 9.50. The molecular formula is C24H32N6O6S. The Hall–Kier alpha value is -3.71. The van der Waals surface area contributed by atoms with E-state index in [0.717, 1.165) is 11.1 Å². The molecule has 37 heavy (non-hydrogen) atoms. The SMILES string of the molecule is COC(=O)[C@H](Cn1cc(CNS(=O)(=O)c2cccc3c(N(C)C)cccc23)nn1)NC(=O)OC(C)(C)C. The molecule has 0 aliphatic carbocycles. The van der Waals surface area contributed by atoms with E-state index in [-0.39, 0.29) is 18.0 Å². The Morgan fingerprint density at radius 1 is 1.11 bits per heavy atom. The van der Waals surface area contributed by atoms with Gasteiger partial charge in [0.1, 0.15) is 11.6 Å². The average Bonchev–Trinajstić information content (AvgIpc) is 3.27. The van der Waals surface area contributed by atoms with Crippen LogP contribution in [0.15, 0.2) is 47.5 Å². The molecule has 0 saturated carbocycles. The van der Waals surface area contributed by atoms with E-state index < -0.39 is 33.7 Å². The lowest BCUT2D eigenvalue weighted by atomic mass is 10.1. The predicted octanol–water partition coefficient (Wildman–Crippen LogP) is 2.04. The van der Waals surface area contributed by atoms with Gasteiger partial charge in [-0.1, -0.05) is 29.5 Å². The first-order valence-electron chi connectivity index (χ1n) is 11.5. The summed E-state index contributed by atoms with van der Waals surface area (Å²) in [5, 5.41) is 11.8. The number of alkyl carbamates (subject to hydrolysis) is 1. The third-order valence-corrected chi connectivity index (χ3v) is 6.67. The van der Waals surface area contributed by atoms with E-state index >= 15 is 0 Å². The Morgan fingerprint density at radius 2 is 1.78 bits per heavy atom. The largest absolute Gasteiger partial charge is 0.467 e. The number of esters is 1. The molecule has 12 nitrogen and oxygen atoms in total. The Kier molecular flexibility index (Phi) is 8.39. The van der Waals surface area contributed by atoms with E-state index in [2.05, 4.69) is 20.4 Å². The van der Waals surface area contributed by atoms with Crippen LogP contribution in [0.1, 0.15) is 26.5 Å². The van der Waals surface area contributed by atoms with E-state index in [1.54, 1.807) is 39.0 Å². The van der Waals surface area contributed by atoms with E-state index in [4.69, 9.17) is 9.47 Å². The highest BCUT2D eigenvalue weighted by atomic mass is 32.2. The summed E-state index contributed by atoms with van der Waals surface area (Å²) in [6, 6.07) is 9.52. The Morgan fingerprint density at radius 3 is 2.43 bits per heavy atom. The second-order valence-corrected chi connectivity index (χ2v) is 11.2. The van der Waals surface area contributed by atoms with Gasteiger partial charge in [0.05, 0.1) is 30.8 Å². The van der Waals surface area contributed by atoms with Crippen molar-refractivity contribution in [3.05, 3.63) is 48.3 Å². The number of nitrogens with one attached hydrogen (secondary N) is 2. The number of anilines is 1. The standard InChI is InChI=1S/C24H32N6O6S/c1-24(2,3)36-23(32)26-19(22(31)35-6)15-30-14-16(27-28-30)13-25-37(33,34)21-12-8-9-17-18(21)10-7-11-20(17)29(4)5/h7-12,14,19,25H,13,15H2,1-6H3,(H,26,32)/t19-/m0/s1. The van der Waals surface area contributed by atoms with Gasteiger partial charge in [0.15, 0.2) is 0 Å². The van der Waals surface area contributed by atoms with Gasteiger partial charge in [-0.05, 0) is 32.9 Å². The summed E-state index contributed by atoms with van der Waals surface area (Å²) >= 11 is 0. The van der Waals surface area contributed by atoms with Gasteiger partial charge < -0.3 is 19.7 Å². The van der Waals surface area contributed by atoms with Gasteiger partial charge in [0.25, 0.3) is 0 Å². The minimum atomic E-state index is -3.89. The highest BCUT2D eigenvalue weighted by molar-refractivity contribution is 7.89. The van der Waals surface area contributed by atoms with Gasteiger partial charge in [0.2, 0.25) is 10.0 Å². The van der Waals surface area contributed by atoms with Crippen molar-refractivity contribution in [1.29, 1.82) is 0 Å². The third-order valence-electron chi connectivity index (χ3n) is 5.21. The summed E-state index contributed by atoms with van der Waals surface area (Å²) in [5.41, 5.74) is 0.469. The van der Waals surface area contributed by atoms with Crippen molar-refractivity contribution in [3.8, 4) is 0 Å². The Bertz CT molecular complexity index is 1380.